The number of H-pyrrole nitrogens is 1. The number of hydrogen-bond acceptors (Lipinski definition) is 3. The Morgan fingerprint density at radius 1 is 1.25 bits per heavy atom. The molecule has 0 aliphatic carbocycles. The van der Waals surface area contributed by atoms with Gasteiger partial charge in [-0.15, -0.1) is 0 Å². The average Bonchev–Trinajstić information content (AvgIpc) is 3.14. The second-order valence-electron chi connectivity index (χ2n) is 7.47. The first-order chi connectivity index (χ1) is 13.8. The Labute approximate surface area is 168 Å². The molecule has 1 aliphatic rings. The van der Waals surface area contributed by atoms with Gasteiger partial charge in [-0.25, -0.2) is 0 Å². The van der Waals surface area contributed by atoms with Crippen LogP contribution in [-0.4, -0.2) is 57.5 Å². The molecule has 0 amide bonds. The lowest BCUT2D eigenvalue weighted by Crippen LogP contribution is -2.39. The van der Waals surface area contributed by atoms with Crippen molar-refractivity contribution in [3.05, 3.63) is 35.5 Å². The van der Waals surface area contributed by atoms with Gasteiger partial charge in [0.25, 0.3) is 0 Å². The Kier molecular flexibility index (Phi) is 8.18. The van der Waals surface area contributed by atoms with E-state index in [9.17, 15) is 0 Å². The Morgan fingerprint density at radius 3 is 2.89 bits per heavy atom. The first kappa shape index (κ1) is 20.7. The van der Waals surface area contributed by atoms with Crippen molar-refractivity contribution in [2.75, 3.05) is 46.6 Å². The Bertz CT molecular complexity index is 750. The normalized spacial score (nSPS) is 15.9. The summed E-state index contributed by atoms with van der Waals surface area (Å²) in [5.74, 6) is 1.52. The SMILES string of the molecule is CN=C(NCCCOCC1CCOCC1)NCCc1c[nH]c2c(C)cccc12. The Morgan fingerprint density at radius 2 is 2.07 bits per heavy atom. The topological polar surface area (TPSA) is 70.7 Å². The van der Waals surface area contributed by atoms with Crippen molar-refractivity contribution in [1.29, 1.82) is 0 Å². The average molecular weight is 387 g/mol. The van der Waals surface area contributed by atoms with Crippen molar-refractivity contribution in [2.45, 2.75) is 32.6 Å². The lowest BCUT2D eigenvalue weighted by molar-refractivity contribution is 0.0203. The molecule has 3 N–H and O–H groups in total. The van der Waals surface area contributed by atoms with Crippen molar-refractivity contribution < 1.29 is 9.47 Å². The largest absolute Gasteiger partial charge is 0.381 e. The van der Waals surface area contributed by atoms with Crippen LogP contribution in [0.25, 0.3) is 10.9 Å². The number of guanidine groups is 1. The van der Waals surface area contributed by atoms with Gasteiger partial charge < -0.3 is 25.1 Å². The Balaban J connectivity index is 1.29. The third kappa shape index (κ3) is 5.97. The van der Waals surface area contributed by atoms with Crippen LogP contribution in [0.3, 0.4) is 0 Å². The van der Waals surface area contributed by atoms with Gasteiger partial charge in [0.05, 0.1) is 0 Å². The Hall–Kier alpha value is -2.05. The standard InChI is InChI=1S/C22H34N4O2/c1-17-5-3-6-20-19(15-26-21(17)20)7-11-25-22(23-2)24-10-4-12-28-16-18-8-13-27-14-9-18/h3,5-6,15,18,26H,4,7-14,16H2,1-2H3,(H2,23,24,25). The van der Waals surface area contributed by atoms with Crippen LogP contribution in [0, 0.1) is 12.8 Å². The summed E-state index contributed by atoms with van der Waals surface area (Å²) >= 11 is 0. The summed E-state index contributed by atoms with van der Waals surface area (Å²) in [6.45, 7) is 7.27. The van der Waals surface area contributed by atoms with Crippen LogP contribution in [0.15, 0.2) is 29.4 Å². The second kappa shape index (κ2) is 11.1. The van der Waals surface area contributed by atoms with Gasteiger partial charge in [-0.3, -0.25) is 4.99 Å². The van der Waals surface area contributed by atoms with E-state index < -0.39 is 0 Å². The number of aromatic amines is 1. The molecule has 0 radical (unpaired) electrons. The van der Waals surface area contributed by atoms with E-state index >= 15 is 0 Å². The van der Waals surface area contributed by atoms with E-state index in [1.165, 1.54) is 22.0 Å². The minimum absolute atomic E-state index is 0.671. The van der Waals surface area contributed by atoms with Gasteiger partial charge in [0.15, 0.2) is 5.96 Å². The molecule has 0 unspecified atom stereocenters. The van der Waals surface area contributed by atoms with Crippen LogP contribution in [0.2, 0.25) is 0 Å². The van der Waals surface area contributed by atoms with E-state index in [0.29, 0.717) is 5.92 Å². The number of nitrogens with one attached hydrogen (secondary N) is 3. The fraction of sp³-hybridized carbons (Fsp3) is 0.591. The molecule has 1 aromatic carbocycles. The quantitative estimate of drug-likeness (QED) is 0.352. The fourth-order valence-corrected chi connectivity index (χ4v) is 3.65. The second-order valence-corrected chi connectivity index (χ2v) is 7.47. The molecule has 0 bridgehead atoms. The molecule has 2 aromatic rings. The summed E-state index contributed by atoms with van der Waals surface area (Å²) in [6.07, 6.45) is 6.31. The molecule has 1 saturated heterocycles. The molecule has 154 valence electrons. The van der Waals surface area contributed by atoms with E-state index in [2.05, 4.69) is 51.9 Å². The van der Waals surface area contributed by atoms with Crippen LogP contribution in [0.4, 0.5) is 0 Å². The number of benzene rings is 1. The third-order valence-corrected chi connectivity index (χ3v) is 5.37. The van der Waals surface area contributed by atoms with Crippen LogP contribution in [0.1, 0.15) is 30.4 Å². The molecular formula is C22H34N4O2. The van der Waals surface area contributed by atoms with E-state index in [1.54, 1.807) is 0 Å². The predicted octanol–water partition coefficient (Wildman–Crippen LogP) is 3.02. The summed E-state index contributed by atoms with van der Waals surface area (Å²) < 4.78 is 11.2. The highest BCUT2D eigenvalue weighted by Gasteiger charge is 2.13. The van der Waals surface area contributed by atoms with Crippen LogP contribution < -0.4 is 10.6 Å². The zero-order valence-electron chi connectivity index (χ0n) is 17.2. The van der Waals surface area contributed by atoms with Crippen molar-refractivity contribution in [3.63, 3.8) is 0 Å². The van der Waals surface area contributed by atoms with Crippen LogP contribution >= 0.6 is 0 Å². The van der Waals surface area contributed by atoms with E-state index in [1.807, 2.05) is 7.05 Å². The smallest absolute Gasteiger partial charge is 0.190 e. The van der Waals surface area contributed by atoms with Crippen molar-refractivity contribution >= 4 is 16.9 Å². The molecule has 0 atom stereocenters. The highest BCUT2D eigenvalue weighted by Crippen LogP contribution is 2.21. The zero-order chi connectivity index (χ0) is 19.6. The number of hydrogen-bond donors (Lipinski definition) is 3. The maximum Gasteiger partial charge on any atom is 0.190 e. The first-order valence-electron chi connectivity index (χ1n) is 10.4. The number of ether oxygens (including phenoxy) is 2. The molecule has 6 nitrogen and oxygen atoms in total. The molecular weight excluding hydrogens is 352 g/mol. The summed E-state index contributed by atoms with van der Waals surface area (Å²) in [5, 5.41) is 8.08. The third-order valence-electron chi connectivity index (χ3n) is 5.37. The molecule has 1 aliphatic heterocycles. The number of fused-ring (bicyclic) bond motifs is 1. The van der Waals surface area contributed by atoms with Crippen molar-refractivity contribution in [2.24, 2.45) is 10.9 Å². The number of para-hydroxylation sites is 1. The number of aryl methyl sites for hydroxylation is 1. The molecule has 1 aromatic heterocycles. The van der Waals surface area contributed by atoms with Gasteiger partial charge in [-0.1, -0.05) is 18.2 Å². The monoisotopic (exact) mass is 386 g/mol. The maximum absolute atomic E-state index is 5.81. The summed E-state index contributed by atoms with van der Waals surface area (Å²) in [4.78, 5) is 7.70. The van der Waals surface area contributed by atoms with Crippen LogP contribution in [-0.2, 0) is 15.9 Å². The molecule has 2 heterocycles. The number of aromatic nitrogens is 1. The minimum Gasteiger partial charge on any atom is -0.381 e. The maximum atomic E-state index is 5.81. The molecule has 3 rings (SSSR count). The fourth-order valence-electron chi connectivity index (χ4n) is 3.65. The van der Waals surface area contributed by atoms with Gasteiger partial charge in [-0.05, 0) is 49.7 Å². The van der Waals surface area contributed by atoms with Gasteiger partial charge in [0, 0.05) is 63.7 Å². The highest BCUT2D eigenvalue weighted by molar-refractivity contribution is 5.86. The van der Waals surface area contributed by atoms with Gasteiger partial charge in [0.2, 0.25) is 0 Å². The van der Waals surface area contributed by atoms with Gasteiger partial charge in [0.1, 0.15) is 0 Å². The van der Waals surface area contributed by atoms with Crippen molar-refractivity contribution in [3.8, 4) is 0 Å². The number of aliphatic imine (C=N–C) groups is 1. The molecule has 28 heavy (non-hydrogen) atoms. The lowest BCUT2D eigenvalue weighted by Gasteiger charge is -2.21. The number of nitrogens with zero attached hydrogens (tertiary/aromatic N) is 1. The van der Waals surface area contributed by atoms with Gasteiger partial charge in [-0.2, -0.15) is 0 Å². The van der Waals surface area contributed by atoms with Gasteiger partial charge >= 0.3 is 0 Å². The molecule has 1 fully saturated rings. The summed E-state index contributed by atoms with van der Waals surface area (Å²) in [5.41, 5.74) is 3.86. The molecule has 6 heteroatoms. The highest BCUT2D eigenvalue weighted by atomic mass is 16.5. The van der Waals surface area contributed by atoms with E-state index in [0.717, 1.165) is 71.2 Å². The van der Waals surface area contributed by atoms with Crippen molar-refractivity contribution in [1.82, 2.24) is 15.6 Å². The molecule has 0 spiro atoms. The van der Waals surface area contributed by atoms with Crippen LogP contribution in [0.5, 0.6) is 0 Å². The summed E-state index contributed by atoms with van der Waals surface area (Å²) in [7, 11) is 1.81. The predicted molar refractivity (Wildman–Crippen MR) is 115 cm³/mol. The molecule has 0 saturated carbocycles. The number of rotatable bonds is 9. The lowest BCUT2D eigenvalue weighted by atomic mass is 10.0. The first-order valence-corrected chi connectivity index (χ1v) is 10.4. The minimum atomic E-state index is 0.671. The zero-order valence-corrected chi connectivity index (χ0v) is 17.2. The summed E-state index contributed by atoms with van der Waals surface area (Å²) in [6, 6.07) is 6.44. The van der Waals surface area contributed by atoms with E-state index in [4.69, 9.17) is 9.47 Å². The van der Waals surface area contributed by atoms with E-state index in [-0.39, 0.29) is 0 Å².